The minimum absolute atomic E-state index is 0.0508. The summed E-state index contributed by atoms with van der Waals surface area (Å²) in [5.41, 5.74) is 0.351. The number of carbonyl (C=O) groups is 1. The Kier molecular flexibility index (Phi) is 3.28. The van der Waals surface area contributed by atoms with Crippen LogP contribution in [-0.2, 0) is 9.53 Å². The monoisotopic (exact) mass is 264 g/mol. The average Bonchev–Trinajstić information content (AvgIpc) is 2.77. The molecule has 0 bridgehead atoms. The predicted molar refractivity (Wildman–Crippen MR) is 76.0 cm³/mol. The van der Waals surface area contributed by atoms with E-state index in [2.05, 4.69) is 20.8 Å². The summed E-state index contributed by atoms with van der Waals surface area (Å²) >= 11 is 0. The Morgan fingerprint density at radius 2 is 1.84 bits per heavy atom. The number of Topliss-reactive ketones (excluding diaryl/α,β-unsaturated/α-hetero) is 1. The minimum Gasteiger partial charge on any atom is -0.373 e. The van der Waals surface area contributed by atoms with Gasteiger partial charge in [-0.3, -0.25) is 4.79 Å². The van der Waals surface area contributed by atoms with Gasteiger partial charge < -0.3 is 4.74 Å². The third kappa shape index (κ3) is 2.37. The number of ketones is 1. The molecule has 0 aromatic heterocycles. The average molecular weight is 264 g/mol. The molecule has 0 heterocycles. The van der Waals surface area contributed by atoms with Crippen LogP contribution in [0.25, 0.3) is 0 Å². The van der Waals surface area contributed by atoms with Crippen molar-refractivity contribution in [1.82, 2.24) is 0 Å². The third-order valence-electron chi connectivity index (χ3n) is 5.74. The highest BCUT2D eigenvalue weighted by molar-refractivity contribution is 5.92. The molecule has 3 atom stereocenters. The van der Waals surface area contributed by atoms with Crippen LogP contribution in [0.3, 0.4) is 0 Å². The standard InChI is InChI=1S/C17H28O2/c1-12-8-13(11-16(2,3)10-12)19-15-9-14(18)17(15)6-4-5-7-17/h12-13,15H,4-11H2,1-3H3. The summed E-state index contributed by atoms with van der Waals surface area (Å²) in [6.07, 6.45) is 9.58. The van der Waals surface area contributed by atoms with Crippen molar-refractivity contribution < 1.29 is 9.53 Å². The molecule has 2 nitrogen and oxygen atoms in total. The van der Waals surface area contributed by atoms with Gasteiger partial charge in [-0.25, -0.2) is 0 Å². The predicted octanol–water partition coefficient (Wildman–Crippen LogP) is 4.12. The lowest BCUT2D eigenvalue weighted by Crippen LogP contribution is -2.55. The van der Waals surface area contributed by atoms with Crippen molar-refractivity contribution in [1.29, 1.82) is 0 Å². The largest absolute Gasteiger partial charge is 0.373 e. The van der Waals surface area contributed by atoms with Gasteiger partial charge >= 0.3 is 0 Å². The van der Waals surface area contributed by atoms with Gasteiger partial charge in [-0.1, -0.05) is 33.6 Å². The Morgan fingerprint density at radius 3 is 2.42 bits per heavy atom. The zero-order chi connectivity index (χ0) is 13.7. The van der Waals surface area contributed by atoms with Crippen LogP contribution in [0.2, 0.25) is 0 Å². The van der Waals surface area contributed by atoms with Crippen molar-refractivity contribution in [2.45, 2.75) is 84.3 Å². The first-order valence-corrected chi connectivity index (χ1v) is 8.10. The first-order valence-electron chi connectivity index (χ1n) is 8.10. The van der Waals surface area contributed by atoms with E-state index in [-0.39, 0.29) is 11.5 Å². The van der Waals surface area contributed by atoms with E-state index < -0.39 is 0 Å². The molecule has 0 amide bonds. The van der Waals surface area contributed by atoms with Crippen molar-refractivity contribution in [2.24, 2.45) is 16.7 Å². The Hall–Kier alpha value is -0.370. The zero-order valence-corrected chi connectivity index (χ0v) is 12.7. The van der Waals surface area contributed by atoms with Gasteiger partial charge in [0.15, 0.2) is 0 Å². The van der Waals surface area contributed by atoms with E-state index in [1.54, 1.807) is 0 Å². The molecule has 3 rings (SSSR count). The molecule has 2 heteroatoms. The number of ether oxygens (including phenoxy) is 1. The van der Waals surface area contributed by atoms with E-state index in [4.69, 9.17) is 4.74 Å². The molecule has 0 aromatic rings. The van der Waals surface area contributed by atoms with Crippen molar-refractivity contribution >= 4 is 5.78 Å². The fourth-order valence-corrected chi connectivity index (χ4v) is 4.99. The van der Waals surface area contributed by atoms with Gasteiger partial charge in [-0.05, 0) is 43.4 Å². The molecule has 0 aliphatic heterocycles. The summed E-state index contributed by atoms with van der Waals surface area (Å²) in [5, 5.41) is 0. The van der Waals surface area contributed by atoms with Crippen molar-refractivity contribution in [3.05, 3.63) is 0 Å². The van der Waals surface area contributed by atoms with E-state index in [0.717, 1.165) is 25.2 Å². The zero-order valence-electron chi connectivity index (χ0n) is 12.7. The molecule has 3 aliphatic rings. The lowest BCUT2D eigenvalue weighted by atomic mass is 9.63. The van der Waals surface area contributed by atoms with Crippen molar-refractivity contribution in [2.75, 3.05) is 0 Å². The number of hydrogen-bond donors (Lipinski definition) is 0. The third-order valence-corrected chi connectivity index (χ3v) is 5.74. The molecular formula is C17H28O2. The Morgan fingerprint density at radius 1 is 1.16 bits per heavy atom. The molecule has 0 saturated heterocycles. The van der Waals surface area contributed by atoms with Crippen LogP contribution in [0.15, 0.2) is 0 Å². The van der Waals surface area contributed by atoms with Gasteiger partial charge in [0.2, 0.25) is 0 Å². The summed E-state index contributed by atoms with van der Waals surface area (Å²) in [6, 6.07) is 0. The van der Waals surface area contributed by atoms with Crippen molar-refractivity contribution in [3.8, 4) is 0 Å². The van der Waals surface area contributed by atoms with E-state index in [1.165, 1.54) is 25.7 Å². The molecular weight excluding hydrogens is 236 g/mol. The second-order valence-electron chi connectivity index (χ2n) is 8.15. The SMILES string of the molecule is CC1CC(OC2CC(=O)C23CCCC3)CC(C)(C)C1. The highest BCUT2D eigenvalue weighted by Crippen LogP contribution is 2.53. The molecule has 1 spiro atoms. The molecule has 3 aliphatic carbocycles. The summed E-state index contributed by atoms with van der Waals surface area (Å²) in [5.74, 6) is 1.24. The Balaban J connectivity index is 1.64. The maximum absolute atomic E-state index is 12.0. The van der Waals surface area contributed by atoms with E-state index >= 15 is 0 Å². The van der Waals surface area contributed by atoms with Gasteiger partial charge in [0.1, 0.15) is 5.78 Å². The number of rotatable bonds is 2. The van der Waals surface area contributed by atoms with Gasteiger partial charge in [0.25, 0.3) is 0 Å². The van der Waals surface area contributed by atoms with Crippen LogP contribution in [0.1, 0.15) is 72.1 Å². The maximum atomic E-state index is 12.0. The van der Waals surface area contributed by atoms with E-state index in [0.29, 0.717) is 23.7 Å². The summed E-state index contributed by atoms with van der Waals surface area (Å²) in [7, 11) is 0. The summed E-state index contributed by atoms with van der Waals surface area (Å²) in [4.78, 5) is 12.0. The van der Waals surface area contributed by atoms with Gasteiger partial charge in [-0.2, -0.15) is 0 Å². The van der Waals surface area contributed by atoms with Crippen LogP contribution in [0.5, 0.6) is 0 Å². The molecule has 3 unspecified atom stereocenters. The fraction of sp³-hybridized carbons (Fsp3) is 0.941. The molecule has 108 valence electrons. The highest BCUT2D eigenvalue weighted by Gasteiger charge is 2.57. The van der Waals surface area contributed by atoms with Crippen LogP contribution in [0, 0.1) is 16.7 Å². The second-order valence-corrected chi connectivity index (χ2v) is 8.15. The Bertz CT molecular complexity index is 365. The lowest BCUT2D eigenvalue weighted by Gasteiger charge is -2.48. The van der Waals surface area contributed by atoms with E-state index in [1.807, 2.05) is 0 Å². The number of carbonyl (C=O) groups excluding carboxylic acids is 1. The van der Waals surface area contributed by atoms with Crippen molar-refractivity contribution in [3.63, 3.8) is 0 Å². The molecule has 3 saturated carbocycles. The van der Waals surface area contributed by atoms with Gasteiger partial charge in [0, 0.05) is 6.42 Å². The normalized spacial score (nSPS) is 40.4. The smallest absolute Gasteiger partial charge is 0.144 e. The number of hydrogen-bond acceptors (Lipinski definition) is 2. The van der Waals surface area contributed by atoms with Crippen LogP contribution < -0.4 is 0 Å². The van der Waals surface area contributed by atoms with Crippen LogP contribution >= 0.6 is 0 Å². The van der Waals surface area contributed by atoms with Gasteiger partial charge in [0.05, 0.1) is 17.6 Å². The first-order chi connectivity index (χ1) is 8.91. The fourth-order valence-electron chi connectivity index (χ4n) is 4.99. The quantitative estimate of drug-likeness (QED) is 0.750. The summed E-state index contributed by atoms with van der Waals surface area (Å²) in [6.45, 7) is 7.06. The molecule has 19 heavy (non-hydrogen) atoms. The van der Waals surface area contributed by atoms with Crippen LogP contribution in [-0.4, -0.2) is 18.0 Å². The van der Waals surface area contributed by atoms with Gasteiger partial charge in [-0.15, -0.1) is 0 Å². The lowest BCUT2D eigenvalue weighted by molar-refractivity contribution is -0.178. The van der Waals surface area contributed by atoms with E-state index in [9.17, 15) is 4.79 Å². The topological polar surface area (TPSA) is 26.3 Å². The Labute approximate surface area is 117 Å². The minimum atomic E-state index is -0.0508. The van der Waals surface area contributed by atoms with Crippen LogP contribution in [0.4, 0.5) is 0 Å². The molecule has 0 aromatic carbocycles. The maximum Gasteiger partial charge on any atom is 0.144 e. The highest BCUT2D eigenvalue weighted by atomic mass is 16.5. The second kappa shape index (κ2) is 4.58. The molecule has 0 N–H and O–H groups in total. The molecule has 0 radical (unpaired) electrons. The molecule has 3 fully saturated rings. The summed E-state index contributed by atoms with van der Waals surface area (Å²) < 4.78 is 6.42. The first kappa shape index (κ1) is 13.6.